The fraction of sp³-hybridized carbons (Fsp3) is 0.533. The van der Waals surface area contributed by atoms with E-state index in [1.807, 2.05) is 6.92 Å². The first-order valence-corrected chi connectivity index (χ1v) is 6.97. The highest BCUT2D eigenvalue weighted by Crippen LogP contribution is 2.47. The number of fused-ring (bicyclic) bond motifs is 2. The van der Waals surface area contributed by atoms with Crippen LogP contribution >= 0.6 is 0 Å². The van der Waals surface area contributed by atoms with Crippen LogP contribution in [0.25, 0.3) is 0 Å². The molecule has 5 heteroatoms. The minimum Gasteiger partial charge on any atom is -0.508 e. The molecule has 1 aromatic carbocycles. The maximum atomic E-state index is 13.4. The number of hydrogen-bond donors (Lipinski definition) is 2. The Balaban J connectivity index is 1.90. The molecule has 0 aromatic heterocycles. The molecule has 0 spiro atoms. The average molecular weight is 279 g/mol. The fourth-order valence-corrected chi connectivity index (χ4v) is 3.92. The quantitative estimate of drug-likeness (QED) is 0.892. The van der Waals surface area contributed by atoms with Crippen molar-refractivity contribution < 1.29 is 19.4 Å². The van der Waals surface area contributed by atoms with E-state index in [0.29, 0.717) is 12.0 Å². The molecule has 0 amide bonds. The number of halogens is 1. The summed E-state index contributed by atoms with van der Waals surface area (Å²) < 4.78 is 13.4. The SMILES string of the molecule is CC(c1cc(F)ccc1O)N1C2CCC1C(C(=O)O)C2. The van der Waals surface area contributed by atoms with Gasteiger partial charge in [-0.1, -0.05) is 0 Å². The molecular weight excluding hydrogens is 261 g/mol. The van der Waals surface area contributed by atoms with E-state index in [0.717, 1.165) is 12.8 Å². The van der Waals surface area contributed by atoms with Gasteiger partial charge >= 0.3 is 5.97 Å². The monoisotopic (exact) mass is 279 g/mol. The molecule has 2 bridgehead atoms. The number of phenols is 1. The van der Waals surface area contributed by atoms with Crippen LogP contribution in [-0.4, -0.2) is 33.2 Å². The van der Waals surface area contributed by atoms with Crippen LogP contribution in [0.5, 0.6) is 5.75 Å². The lowest BCUT2D eigenvalue weighted by molar-refractivity contribution is -0.142. The van der Waals surface area contributed by atoms with Gasteiger partial charge < -0.3 is 10.2 Å². The molecule has 2 N–H and O–H groups in total. The summed E-state index contributed by atoms with van der Waals surface area (Å²) in [5, 5.41) is 19.2. The van der Waals surface area contributed by atoms with E-state index in [4.69, 9.17) is 0 Å². The third-order valence-electron chi connectivity index (χ3n) is 4.79. The maximum absolute atomic E-state index is 13.4. The molecule has 2 heterocycles. The number of aliphatic carboxylic acids is 1. The zero-order valence-electron chi connectivity index (χ0n) is 11.3. The van der Waals surface area contributed by atoms with Gasteiger partial charge in [0, 0.05) is 23.7 Å². The van der Waals surface area contributed by atoms with Crippen molar-refractivity contribution in [2.45, 2.75) is 44.3 Å². The van der Waals surface area contributed by atoms with Gasteiger partial charge in [0.1, 0.15) is 11.6 Å². The van der Waals surface area contributed by atoms with Crippen LogP contribution in [0.15, 0.2) is 18.2 Å². The van der Waals surface area contributed by atoms with Gasteiger partial charge in [-0.25, -0.2) is 4.39 Å². The van der Waals surface area contributed by atoms with E-state index in [1.54, 1.807) is 0 Å². The third-order valence-corrected chi connectivity index (χ3v) is 4.79. The van der Waals surface area contributed by atoms with Crippen molar-refractivity contribution in [2.75, 3.05) is 0 Å². The van der Waals surface area contributed by atoms with Crippen molar-refractivity contribution in [2.24, 2.45) is 5.92 Å². The van der Waals surface area contributed by atoms with Crippen LogP contribution in [0.3, 0.4) is 0 Å². The molecule has 3 rings (SSSR count). The molecule has 2 fully saturated rings. The molecule has 0 saturated carbocycles. The summed E-state index contributed by atoms with van der Waals surface area (Å²) in [5.74, 6) is -1.41. The predicted molar refractivity (Wildman–Crippen MR) is 70.9 cm³/mol. The van der Waals surface area contributed by atoms with Gasteiger partial charge in [0.05, 0.1) is 5.92 Å². The number of benzene rings is 1. The van der Waals surface area contributed by atoms with E-state index in [9.17, 15) is 19.4 Å². The van der Waals surface area contributed by atoms with Crippen molar-refractivity contribution in [3.63, 3.8) is 0 Å². The summed E-state index contributed by atoms with van der Waals surface area (Å²) in [4.78, 5) is 13.4. The second kappa shape index (κ2) is 4.74. The number of aromatic hydroxyl groups is 1. The Kier molecular flexibility index (Phi) is 3.17. The molecule has 2 aliphatic heterocycles. The van der Waals surface area contributed by atoms with Crippen LogP contribution in [0.2, 0.25) is 0 Å². The molecule has 2 aliphatic rings. The summed E-state index contributed by atoms with van der Waals surface area (Å²) in [6.07, 6.45) is 2.50. The normalized spacial score (nSPS) is 30.6. The van der Waals surface area contributed by atoms with E-state index < -0.39 is 5.97 Å². The second-order valence-electron chi connectivity index (χ2n) is 5.81. The molecule has 2 saturated heterocycles. The number of carboxylic acids is 1. The summed E-state index contributed by atoms with van der Waals surface area (Å²) >= 11 is 0. The minimum atomic E-state index is -0.752. The Morgan fingerprint density at radius 1 is 1.45 bits per heavy atom. The van der Waals surface area contributed by atoms with E-state index in [2.05, 4.69) is 4.90 Å². The Morgan fingerprint density at radius 3 is 2.85 bits per heavy atom. The first kappa shape index (κ1) is 13.4. The van der Waals surface area contributed by atoms with Gasteiger partial charge in [0.15, 0.2) is 0 Å². The highest BCUT2D eigenvalue weighted by atomic mass is 19.1. The number of rotatable bonds is 3. The second-order valence-corrected chi connectivity index (χ2v) is 5.81. The largest absolute Gasteiger partial charge is 0.508 e. The minimum absolute atomic E-state index is 0.00447. The number of phenolic OH excluding ortho intramolecular Hbond substituents is 1. The van der Waals surface area contributed by atoms with E-state index >= 15 is 0 Å². The predicted octanol–water partition coefficient (Wildman–Crippen LogP) is 2.53. The van der Waals surface area contributed by atoms with Crippen LogP contribution in [0.4, 0.5) is 4.39 Å². The number of carboxylic acid groups (broad SMARTS) is 1. The van der Waals surface area contributed by atoms with Crippen molar-refractivity contribution >= 4 is 5.97 Å². The molecular formula is C15H18FNO3. The van der Waals surface area contributed by atoms with E-state index in [1.165, 1.54) is 18.2 Å². The van der Waals surface area contributed by atoms with Crippen molar-refractivity contribution in [1.82, 2.24) is 4.90 Å². The lowest BCUT2D eigenvalue weighted by atomic mass is 9.89. The average Bonchev–Trinajstić information content (AvgIpc) is 2.98. The molecule has 4 nitrogen and oxygen atoms in total. The highest BCUT2D eigenvalue weighted by Gasteiger charge is 2.51. The number of hydrogen-bond acceptors (Lipinski definition) is 3. The van der Waals surface area contributed by atoms with Gasteiger partial charge in [-0.3, -0.25) is 9.69 Å². The van der Waals surface area contributed by atoms with Crippen molar-refractivity contribution in [3.05, 3.63) is 29.6 Å². The van der Waals surface area contributed by atoms with Gasteiger partial charge in [-0.15, -0.1) is 0 Å². The zero-order chi connectivity index (χ0) is 14.4. The van der Waals surface area contributed by atoms with E-state index in [-0.39, 0.29) is 35.6 Å². The van der Waals surface area contributed by atoms with Crippen molar-refractivity contribution in [1.29, 1.82) is 0 Å². The lowest BCUT2D eigenvalue weighted by Crippen LogP contribution is -2.35. The highest BCUT2D eigenvalue weighted by molar-refractivity contribution is 5.71. The first-order valence-electron chi connectivity index (χ1n) is 6.97. The summed E-state index contributed by atoms with van der Waals surface area (Å²) in [5.41, 5.74) is 0.535. The van der Waals surface area contributed by atoms with Gasteiger partial charge in [0.2, 0.25) is 0 Å². The smallest absolute Gasteiger partial charge is 0.308 e. The fourth-order valence-electron chi connectivity index (χ4n) is 3.92. The summed E-state index contributed by atoms with van der Waals surface area (Å²) in [7, 11) is 0. The molecule has 4 unspecified atom stereocenters. The van der Waals surface area contributed by atoms with Crippen molar-refractivity contribution in [3.8, 4) is 5.75 Å². The Bertz CT molecular complexity index is 548. The van der Waals surface area contributed by atoms with Crippen LogP contribution < -0.4 is 0 Å². The van der Waals surface area contributed by atoms with Crippen LogP contribution in [-0.2, 0) is 4.79 Å². The maximum Gasteiger partial charge on any atom is 0.308 e. The Morgan fingerprint density at radius 2 is 2.20 bits per heavy atom. The molecule has 0 aliphatic carbocycles. The molecule has 108 valence electrons. The van der Waals surface area contributed by atoms with Crippen LogP contribution in [0, 0.1) is 11.7 Å². The number of carbonyl (C=O) groups is 1. The molecule has 0 radical (unpaired) electrons. The summed E-state index contributed by atoms with van der Waals surface area (Å²) in [6, 6.07) is 3.97. The van der Waals surface area contributed by atoms with Gasteiger partial charge in [-0.05, 0) is 44.4 Å². The van der Waals surface area contributed by atoms with Gasteiger partial charge in [0.25, 0.3) is 0 Å². The lowest BCUT2D eigenvalue weighted by Gasteiger charge is -2.30. The summed E-state index contributed by atoms with van der Waals surface area (Å²) in [6.45, 7) is 1.91. The molecule has 20 heavy (non-hydrogen) atoms. The molecule has 1 aromatic rings. The zero-order valence-corrected chi connectivity index (χ0v) is 11.3. The standard InChI is InChI=1S/C15H18FNO3/c1-8(11-6-9(16)2-5-14(11)18)17-10-3-4-13(17)12(7-10)15(19)20/h2,5-6,8,10,12-13,18H,3-4,7H2,1H3,(H,19,20). The molecule has 4 atom stereocenters. The van der Waals surface area contributed by atoms with Crippen LogP contribution in [0.1, 0.15) is 37.8 Å². The topological polar surface area (TPSA) is 60.8 Å². The van der Waals surface area contributed by atoms with Gasteiger partial charge in [-0.2, -0.15) is 0 Å². The first-order chi connectivity index (χ1) is 9.49. The Labute approximate surface area is 116 Å². The Hall–Kier alpha value is -1.62. The third kappa shape index (κ3) is 1.97. The number of nitrogens with zero attached hydrogens (tertiary/aromatic N) is 1.